The summed E-state index contributed by atoms with van der Waals surface area (Å²) in [6.45, 7) is 0.594. The molecule has 0 saturated heterocycles. The van der Waals surface area contributed by atoms with Crippen molar-refractivity contribution in [2.75, 3.05) is 6.61 Å². The first-order valence-electron chi connectivity index (χ1n) is 5.28. The first kappa shape index (κ1) is 10.1. The lowest BCUT2D eigenvalue weighted by Gasteiger charge is -2.23. The molecule has 0 amide bonds. The van der Waals surface area contributed by atoms with Crippen LogP contribution in [0.3, 0.4) is 0 Å². The van der Waals surface area contributed by atoms with Crippen LogP contribution in [0.5, 0.6) is 11.5 Å². The van der Waals surface area contributed by atoms with Gasteiger partial charge in [-0.05, 0) is 12.1 Å². The molecule has 3 rings (SSSR count). The van der Waals surface area contributed by atoms with Gasteiger partial charge < -0.3 is 19.7 Å². The van der Waals surface area contributed by atoms with Gasteiger partial charge in [0.2, 0.25) is 6.10 Å². The van der Waals surface area contributed by atoms with Gasteiger partial charge in [0.05, 0.1) is 6.54 Å². The highest BCUT2D eigenvalue weighted by atomic mass is 16.6. The summed E-state index contributed by atoms with van der Waals surface area (Å²) in [5, 5.41) is 3.72. The lowest BCUT2D eigenvalue weighted by atomic mass is 10.2. The molecule has 0 aliphatic carbocycles. The number of hydrogen-bond acceptors (Lipinski definition) is 6. The maximum atomic E-state index is 5.71. The molecule has 6 heteroatoms. The average molecular weight is 233 g/mol. The summed E-state index contributed by atoms with van der Waals surface area (Å²) in [7, 11) is 0. The summed E-state index contributed by atoms with van der Waals surface area (Å²) in [6, 6.07) is 7.46. The number of fused-ring (bicyclic) bond motifs is 1. The van der Waals surface area contributed by atoms with Crippen molar-refractivity contribution in [3.05, 3.63) is 36.0 Å². The molecule has 0 radical (unpaired) electrons. The van der Waals surface area contributed by atoms with E-state index in [9.17, 15) is 0 Å². The highest BCUT2D eigenvalue weighted by Crippen LogP contribution is 2.35. The molecular formula is C11H11N3O3. The van der Waals surface area contributed by atoms with Crippen LogP contribution >= 0.6 is 0 Å². The molecule has 1 atom stereocenters. The summed E-state index contributed by atoms with van der Waals surface area (Å²) in [4.78, 5) is 4.12. The maximum Gasteiger partial charge on any atom is 0.271 e. The third kappa shape index (κ3) is 1.83. The summed E-state index contributed by atoms with van der Waals surface area (Å²) in [5.41, 5.74) is 5.41. The molecule has 0 saturated carbocycles. The lowest BCUT2D eigenvalue weighted by Crippen LogP contribution is -2.21. The molecule has 0 fully saturated rings. The Hall–Kier alpha value is -2.08. The van der Waals surface area contributed by atoms with Crippen LogP contribution in [0.25, 0.3) is 0 Å². The fraction of sp³-hybridized carbons (Fsp3) is 0.273. The molecule has 1 aromatic carbocycles. The van der Waals surface area contributed by atoms with E-state index in [1.165, 1.54) is 0 Å². The van der Waals surface area contributed by atoms with Crippen molar-refractivity contribution in [2.45, 2.75) is 12.6 Å². The zero-order valence-electron chi connectivity index (χ0n) is 9.00. The fourth-order valence-electron chi connectivity index (χ4n) is 1.62. The highest BCUT2D eigenvalue weighted by Gasteiger charge is 2.27. The Morgan fingerprint density at radius 3 is 2.88 bits per heavy atom. The second-order valence-electron chi connectivity index (χ2n) is 3.62. The van der Waals surface area contributed by atoms with Crippen LogP contribution in [0.1, 0.15) is 17.8 Å². The molecule has 1 aliphatic rings. The van der Waals surface area contributed by atoms with E-state index in [2.05, 4.69) is 10.1 Å². The third-order valence-electron chi connectivity index (χ3n) is 2.45. The monoisotopic (exact) mass is 233 g/mol. The van der Waals surface area contributed by atoms with Gasteiger partial charge in [0.15, 0.2) is 17.3 Å². The maximum absolute atomic E-state index is 5.71. The Morgan fingerprint density at radius 2 is 2.12 bits per heavy atom. The normalized spacial score (nSPS) is 18.1. The van der Waals surface area contributed by atoms with Gasteiger partial charge in [-0.2, -0.15) is 4.98 Å². The highest BCUT2D eigenvalue weighted by molar-refractivity contribution is 5.40. The van der Waals surface area contributed by atoms with Gasteiger partial charge >= 0.3 is 0 Å². The zero-order chi connectivity index (χ0) is 11.7. The minimum atomic E-state index is -0.377. The molecule has 17 heavy (non-hydrogen) atoms. The average Bonchev–Trinajstić information content (AvgIpc) is 2.87. The van der Waals surface area contributed by atoms with Crippen molar-refractivity contribution < 1.29 is 14.0 Å². The molecule has 6 nitrogen and oxygen atoms in total. The van der Waals surface area contributed by atoms with Crippen molar-refractivity contribution in [1.82, 2.24) is 10.1 Å². The number of rotatable bonds is 2. The summed E-state index contributed by atoms with van der Waals surface area (Å²) < 4.78 is 16.3. The van der Waals surface area contributed by atoms with Crippen molar-refractivity contribution in [3.63, 3.8) is 0 Å². The summed E-state index contributed by atoms with van der Waals surface area (Å²) in [6.07, 6.45) is -0.377. The van der Waals surface area contributed by atoms with E-state index < -0.39 is 0 Å². The molecular weight excluding hydrogens is 222 g/mol. The molecule has 2 aromatic rings. The van der Waals surface area contributed by atoms with Gasteiger partial charge in [-0.15, -0.1) is 0 Å². The van der Waals surface area contributed by atoms with Gasteiger partial charge in [-0.1, -0.05) is 17.3 Å². The SMILES string of the molecule is NCc1noc(C2COc3ccccc3O2)n1. The Labute approximate surface area is 97.3 Å². The van der Waals surface area contributed by atoms with Crippen molar-refractivity contribution in [1.29, 1.82) is 0 Å². The molecule has 1 aromatic heterocycles. The molecule has 1 aliphatic heterocycles. The molecule has 0 bridgehead atoms. The Morgan fingerprint density at radius 1 is 1.29 bits per heavy atom. The van der Waals surface area contributed by atoms with Gasteiger partial charge in [0.1, 0.15) is 6.61 Å². The van der Waals surface area contributed by atoms with Crippen LogP contribution in [0.15, 0.2) is 28.8 Å². The quantitative estimate of drug-likeness (QED) is 0.834. The number of aromatic nitrogens is 2. The molecule has 88 valence electrons. The Kier molecular flexibility index (Phi) is 2.41. The van der Waals surface area contributed by atoms with E-state index in [1.807, 2.05) is 24.3 Å². The van der Waals surface area contributed by atoms with E-state index in [4.69, 9.17) is 19.7 Å². The molecule has 2 N–H and O–H groups in total. The van der Waals surface area contributed by atoms with Crippen LogP contribution < -0.4 is 15.2 Å². The van der Waals surface area contributed by atoms with E-state index in [0.29, 0.717) is 24.1 Å². The number of nitrogens with zero attached hydrogens (tertiary/aromatic N) is 2. The van der Waals surface area contributed by atoms with E-state index in [0.717, 1.165) is 5.75 Å². The second-order valence-corrected chi connectivity index (χ2v) is 3.62. The van der Waals surface area contributed by atoms with E-state index in [1.54, 1.807) is 0 Å². The Balaban J connectivity index is 1.84. The minimum Gasteiger partial charge on any atom is -0.485 e. The number of hydrogen-bond donors (Lipinski definition) is 1. The summed E-state index contributed by atoms with van der Waals surface area (Å²) in [5.74, 6) is 2.25. The number of nitrogens with two attached hydrogens (primary N) is 1. The van der Waals surface area contributed by atoms with E-state index in [-0.39, 0.29) is 12.6 Å². The van der Waals surface area contributed by atoms with Crippen molar-refractivity contribution >= 4 is 0 Å². The minimum absolute atomic E-state index is 0.244. The van der Waals surface area contributed by atoms with E-state index >= 15 is 0 Å². The van der Waals surface area contributed by atoms with Crippen molar-refractivity contribution in [3.8, 4) is 11.5 Å². The first-order chi connectivity index (χ1) is 8.36. The van der Waals surface area contributed by atoms with Crippen LogP contribution in [-0.2, 0) is 6.54 Å². The fourth-order valence-corrected chi connectivity index (χ4v) is 1.62. The predicted octanol–water partition coefficient (Wildman–Crippen LogP) is 1.04. The van der Waals surface area contributed by atoms with Crippen LogP contribution in [-0.4, -0.2) is 16.7 Å². The molecule has 0 spiro atoms. The van der Waals surface area contributed by atoms with Crippen LogP contribution in [0.4, 0.5) is 0 Å². The topological polar surface area (TPSA) is 83.4 Å². The standard InChI is InChI=1S/C11H11N3O3/c12-5-10-13-11(17-14-10)9-6-15-7-3-1-2-4-8(7)16-9/h1-4,9H,5-6,12H2. The Bertz CT molecular complexity index is 526. The number of para-hydroxylation sites is 2. The van der Waals surface area contributed by atoms with Crippen LogP contribution in [0, 0.1) is 0 Å². The number of benzene rings is 1. The van der Waals surface area contributed by atoms with Crippen LogP contribution in [0.2, 0.25) is 0 Å². The number of ether oxygens (including phenoxy) is 2. The molecule has 2 heterocycles. The predicted molar refractivity (Wildman–Crippen MR) is 57.5 cm³/mol. The summed E-state index contributed by atoms with van der Waals surface area (Å²) >= 11 is 0. The smallest absolute Gasteiger partial charge is 0.271 e. The largest absolute Gasteiger partial charge is 0.485 e. The van der Waals surface area contributed by atoms with Gasteiger partial charge in [0.25, 0.3) is 5.89 Å². The third-order valence-corrected chi connectivity index (χ3v) is 2.45. The first-order valence-corrected chi connectivity index (χ1v) is 5.28. The van der Waals surface area contributed by atoms with Gasteiger partial charge in [-0.25, -0.2) is 0 Å². The lowest BCUT2D eigenvalue weighted by molar-refractivity contribution is 0.0665. The molecule has 1 unspecified atom stereocenters. The van der Waals surface area contributed by atoms with Gasteiger partial charge in [-0.3, -0.25) is 0 Å². The van der Waals surface area contributed by atoms with Crippen molar-refractivity contribution in [2.24, 2.45) is 5.73 Å². The second kappa shape index (κ2) is 4.06. The van der Waals surface area contributed by atoms with Gasteiger partial charge in [0, 0.05) is 0 Å². The zero-order valence-corrected chi connectivity index (χ0v) is 9.00.